The molecule has 9 heteroatoms. The molecule has 33 heavy (non-hydrogen) atoms. The van der Waals surface area contributed by atoms with Crippen LogP contribution in [0.1, 0.15) is 35.0 Å². The van der Waals surface area contributed by atoms with E-state index < -0.39 is 35.3 Å². The Hall–Kier alpha value is -4.14. The highest BCUT2D eigenvalue weighted by Gasteiger charge is 2.23. The second-order valence-electron chi connectivity index (χ2n) is 7.32. The third-order valence-corrected chi connectivity index (χ3v) is 5.05. The molecule has 0 aliphatic carbocycles. The molecule has 0 saturated heterocycles. The molecule has 0 fully saturated rings. The number of carboxylic acids is 1. The van der Waals surface area contributed by atoms with Crippen molar-refractivity contribution in [2.45, 2.75) is 26.3 Å². The number of aromatic nitrogens is 2. The van der Waals surface area contributed by atoms with Crippen LogP contribution in [0.25, 0.3) is 11.1 Å². The molecule has 3 aromatic rings. The smallest absolute Gasteiger partial charge is 0.322 e. The van der Waals surface area contributed by atoms with Crippen LogP contribution < -0.4 is 15.6 Å². The number of nitrogens with zero attached hydrogens (tertiary/aromatic N) is 2. The van der Waals surface area contributed by atoms with Crippen molar-refractivity contribution in [1.29, 1.82) is 0 Å². The molecular formula is C24H25N3O6. The number of hydrogen-bond donors (Lipinski definition) is 3. The van der Waals surface area contributed by atoms with Crippen LogP contribution in [0.2, 0.25) is 0 Å². The minimum absolute atomic E-state index is 0.0310. The Morgan fingerprint density at radius 2 is 1.76 bits per heavy atom. The lowest BCUT2D eigenvalue weighted by Crippen LogP contribution is -2.37. The maximum atomic E-state index is 13.1. The molecule has 3 rings (SSSR count). The first-order chi connectivity index (χ1) is 15.9. The van der Waals surface area contributed by atoms with Crippen LogP contribution in [0.15, 0.2) is 53.3 Å². The van der Waals surface area contributed by atoms with Gasteiger partial charge in [-0.1, -0.05) is 55.8 Å². The summed E-state index contributed by atoms with van der Waals surface area (Å²) in [4.78, 5) is 36.5. The number of carbonyl (C=O) groups is 2. The molecule has 0 bridgehead atoms. The summed E-state index contributed by atoms with van der Waals surface area (Å²) < 4.78 is 6.59. The number of methoxy groups -OCH3 is 1. The summed E-state index contributed by atoms with van der Waals surface area (Å²) in [5.41, 5.74) is 1.25. The quantitative estimate of drug-likeness (QED) is 0.455. The van der Waals surface area contributed by atoms with Crippen LogP contribution in [0, 0.1) is 0 Å². The first-order valence-corrected chi connectivity index (χ1v) is 10.4. The summed E-state index contributed by atoms with van der Waals surface area (Å²) in [6.45, 7) is 1.22. The van der Waals surface area contributed by atoms with E-state index in [0.29, 0.717) is 18.6 Å². The van der Waals surface area contributed by atoms with Gasteiger partial charge < -0.3 is 20.3 Å². The van der Waals surface area contributed by atoms with Gasteiger partial charge in [-0.15, -0.1) is 0 Å². The Balaban J connectivity index is 2.11. The topological polar surface area (TPSA) is 131 Å². The van der Waals surface area contributed by atoms with Crippen molar-refractivity contribution in [2.75, 3.05) is 13.7 Å². The Kier molecular flexibility index (Phi) is 7.45. The molecule has 0 unspecified atom stereocenters. The zero-order valence-corrected chi connectivity index (χ0v) is 18.4. The fourth-order valence-corrected chi connectivity index (χ4v) is 3.52. The SMILES string of the molecule is CCCc1nn(Cc2ccccc2-c2ccccc2OC)c(=O)c(C(=O)NCC(=O)O)c1O. The van der Waals surface area contributed by atoms with Gasteiger partial charge in [0.15, 0.2) is 5.75 Å². The van der Waals surface area contributed by atoms with Crippen LogP contribution >= 0.6 is 0 Å². The van der Waals surface area contributed by atoms with Gasteiger partial charge >= 0.3 is 5.97 Å². The number of aryl methyl sites for hydroxylation is 1. The van der Waals surface area contributed by atoms with Gasteiger partial charge in [0.25, 0.3) is 11.5 Å². The minimum atomic E-state index is -1.27. The van der Waals surface area contributed by atoms with E-state index in [4.69, 9.17) is 9.84 Å². The number of aliphatic carboxylic acids is 1. The van der Waals surface area contributed by atoms with Crippen molar-refractivity contribution in [3.8, 4) is 22.6 Å². The monoisotopic (exact) mass is 451 g/mol. The van der Waals surface area contributed by atoms with Crippen LogP contribution in [0.5, 0.6) is 11.5 Å². The maximum absolute atomic E-state index is 13.1. The number of nitrogens with one attached hydrogen (secondary N) is 1. The van der Waals surface area contributed by atoms with Crippen molar-refractivity contribution in [3.05, 3.63) is 75.7 Å². The highest BCUT2D eigenvalue weighted by atomic mass is 16.5. The lowest BCUT2D eigenvalue weighted by molar-refractivity contribution is -0.135. The van der Waals surface area contributed by atoms with Crippen molar-refractivity contribution in [1.82, 2.24) is 15.1 Å². The Morgan fingerprint density at radius 1 is 1.09 bits per heavy atom. The van der Waals surface area contributed by atoms with Crippen molar-refractivity contribution in [3.63, 3.8) is 0 Å². The highest BCUT2D eigenvalue weighted by Crippen LogP contribution is 2.32. The van der Waals surface area contributed by atoms with Crippen molar-refractivity contribution >= 4 is 11.9 Å². The average Bonchev–Trinajstić information content (AvgIpc) is 2.81. The van der Waals surface area contributed by atoms with E-state index in [1.165, 1.54) is 0 Å². The molecule has 0 radical (unpaired) electrons. The van der Waals surface area contributed by atoms with Gasteiger partial charge in [-0.05, 0) is 23.6 Å². The van der Waals surface area contributed by atoms with Gasteiger partial charge in [0.2, 0.25) is 0 Å². The molecule has 0 atom stereocenters. The predicted octanol–water partition coefficient (Wildman–Crippen LogP) is 2.44. The van der Waals surface area contributed by atoms with Gasteiger partial charge in [0.1, 0.15) is 23.6 Å². The number of rotatable bonds is 9. The van der Waals surface area contributed by atoms with Gasteiger partial charge in [0, 0.05) is 5.56 Å². The number of carbonyl (C=O) groups excluding carboxylic acids is 1. The van der Waals surface area contributed by atoms with E-state index in [-0.39, 0.29) is 12.2 Å². The van der Waals surface area contributed by atoms with Crippen LogP contribution in [-0.4, -0.2) is 45.5 Å². The summed E-state index contributed by atoms with van der Waals surface area (Å²) in [5, 5.41) is 25.8. The zero-order valence-electron chi connectivity index (χ0n) is 18.4. The minimum Gasteiger partial charge on any atom is -0.505 e. The largest absolute Gasteiger partial charge is 0.505 e. The van der Waals surface area contributed by atoms with Crippen molar-refractivity contribution in [2.24, 2.45) is 0 Å². The predicted molar refractivity (Wildman–Crippen MR) is 122 cm³/mol. The van der Waals surface area contributed by atoms with Gasteiger partial charge in [-0.3, -0.25) is 14.4 Å². The van der Waals surface area contributed by atoms with E-state index >= 15 is 0 Å². The number of carboxylic acid groups (broad SMARTS) is 1. The fraction of sp³-hybridized carbons (Fsp3) is 0.250. The summed E-state index contributed by atoms with van der Waals surface area (Å²) in [6, 6.07) is 14.9. The van der Waals surface area contributed by atoms with E-state index in [1.807, 2.05) is 55.5 Å². The lowest BCUT2D eigenvalue weighted by atomic mass is 9.98. The van der Waals surface area contributed by atoms with E-state index in [2.05, 4.69) is 10.4 Å². The van der Waals surface area contributed by atoms with Crippen LogP contribution in [0.3, 0.4) is 0 Å². The van der Waals surface area contributed by atoms with Gasteiger partial charge in [0.05, 0.1) is 13.7 Å². The number of benzene rings is 2. The van der Waals surface area contributed by atoms with Crippen LogP contribution in [0.4, 0.5) is 0 Å². The summed E-state index contributed by atoms with van der Waals surface area (Å²) in [5.74, 6) is -2.10. The average molecular weight is 451 g/mol. The summed E-state index contributed by atoms with van der Waals surface area (Å²) in [7, 11) is 1.58. The molecule has 3 N–H and O–H groups in total. The normalized spacial score (nSPS) is 10.6. The number of aromatic hydroxyl groups is 1. The third kappa shape index (κ3) is 5.20. The second-order valence-corrected chi connectivity index (χ2v) is 7.32. The summed E-state index contributed by atoms with van der Waals surface area (Å²) in [6.07, 6.45) is 0.951. The molecular weight excluding hydrogens is 426 g/mol. The molecule has 172 valence electrons. The Bertz CT molecular complexity index is 1240. The van der Waals surface area contributed by atoms with Gasteiger partial charge in [-0.2, -0.15) is 5.10 Å². The first-order valence-electron chi connectivity index (χ1n) is 10.4. The van der Waals surface area contributed by atoms with Crippen molar-refractivity contribution < 1.29 is 24.5 Å². The fourth-order valence-electron chi connectivity index (χ4n) is 3.52. The molecule has 2 aromatic carbocycles. The number of hydrogen-bond acceptors (Lipinski definition) is 6. The molecule has 1 amide bonds. The molecule has 0 spiro atoms. The third-order valence-electron chi connectivity index (χ3n) is 5.05. The van der Waals surface area contributed by atoms with E-state index in [0.717, 1.165) is 21.4 Å². The van der Waals surface area contributed by atoms with E-state index in [1.54, 1.807) is 7.11 Å². The summed E-state index contributed by atoms with van der Waals surface area (Å²) >= 11 is 0. The Labute approximate surface area is 190 Å². The molecule has 1 aromatic heterocycles. The van der Waals surface area contributed by atoms with Crippen LogP contribution in [-0.2, 0) is 17.8 Å². The Morgan fingerprint density at radius 3 is 2.42 bits per heavy atom. The molecule has 0 saturated carbocycles. The number of amides is 1. The maximum Gasteiger partial charge on any atom is 0.322 e. The number of para-hydroxylation sites is 1. The molecule has 9 nitrogen and oxygen atoms in total. The van der Waals surface area contributed by atoms with E-state index in [9.17, 15) is 19.5 Å². The molecule has 0 aliphatic heterocycles. The first kappa shape index (κ1) is 23.5. The lowest BCUT2D eigenvalue weighted by Gasteiger charge is -2.16. The molecule has 0 aliphatic rings. The van der Waals surface area contributed by atoms with Gasteiger partial charge in [-0.25, -0.2) is 4.68 Å². The highest BCUT2D eigenvalue weighted by molar-refractivity contribution is 5.98. The zero-order chi connectivity index (χ0) is 24.0. The number of ether oxygens (including phenoxy) is 1. The second kappa shape index (κ2) is 10.4. The molecule has 1 heterocycles. The standard InChI is InChI=1S/C24H25N3O6/c1-3-8-18-22(30)21(23(31)25-13-20(28)29)24(32)27(26-18)14-15-9-4-5-10-16(15)17-11-6-7-12-19(17)33-2/h4-7,9-12,30H,3,8,13-14H2,1-2H3,(H,25,31)(H,28,29).